The highest BCUT2D eigenvalue weighted by Gasteiger charge is 2.23. The van der Waals surface area contributed by atoms with Gasteiger partial charge >= 0.3 is 0 Å². The van der Waals surface area contributed by atoms with Crippen molar-refractivity contribution in [2.45, 2.75) is 26.2 Å². The summed E-state index contributed by atoms with van der Waals surface area (Å²) in [6, 6.07) is 2.07. The van der Waals surface area contributed by atoms with Gasteiger partial charge in [-0.2, -0.15) is 20.0 Å². The molecule has 0 atom stereocenters. The van der Waals surface area contributed by atoms with Crippen molar-refractivity contribution in [3.63, 3.8) is 0 Å². The first-order valence-corrected chi connectivity index (χ1v) is 8.35. The van der Waals surface area contributed by atoms with Gasteiger partial charge in [-0.05, 0) is 55.4 Å². The largest absolute Gasteiger partial charge is 0.282 e. The summed E-state index contributed by atoms with van der Waals surface area (Å²) in [5.74, 6) is 0.662. The minimum absolute atomic E-state index is 0.468. The van der Waals surface area contributed by atoms with E-state index in [9.17, 15) is 0 Å². The minimum atomic E-state index is 0.468. The van der Waals surface area contributed by atoms with E-state index in [1.807, 2.05) is 11.6 Å². The fourth-order valence-corrected chi connectivity index (χ4v) is 3.64. The van der Waals surface area contributed by atoms with Crippen LogP contribution in [0.2, 0.25) is 0 Å². The van der Waals surface area contributed by atoms with Crippen LogP contribution in [0.3, 0.4) is 0 Å². The third-order valence-corrected chi connectivity index (χ3v) is 5.08. The number of aromatic nitrogens is 5. The predicted molar refractivity (Wildman–Crippen MR) is 89.1 cm³/mol. The number of thiophene rings is 1. The highest BCUT2D eigenvalue weighted by atomic mass is 32.1. The fraction of sp³-hybridized carbons (Fsp3) is 0.286. The molecule has 22 heavy (non-hydrogen) atoms. The number of fused-ring (bicyclic) bond motifs is 1. The van der Waals surface area contributed by atoms with E-state index >= 15 is 0 Å². The number of hydrogen-bond acceptors (Lipinski definition) is 5. The standard InChI is InChI=1S/C14H14N6S2/c1-8-5-6-22-11(8)7-15-20-13(18-19-14(20)21)12-9-3-2-4-10(9)16-17-12/h5-7H,2-4H2,1H3,(H,16,17)(H,19,21)/b15-7-. The van der Waals surface area contributed by atoms with E-state index in [0.717, 1.165) is 29.8 Å². The third kappa shape index (κ3) is 2.15. The van der Waals surface area contributed by atoms with Gasteiger partial charge in [0.1, 0.15) is 5.69 Å². The predicted octanol–water partition coefficient (Wildman–Crippen LogP) is 3.07. The lowest BCUT2D eigenvalue weighted by atomic mass is 10.2. The van der Waals surface area contributed by atoms with Crippen LogP contribution in [0.4, 0.5) is 0 Å². The van der Waals surface area contributed by atoms with Crippen LogP contribution >= 0.6 is 23.6 Å². The van der Waals surface area contributed by atoms with Gasteiger partial charge in [-0.1, -0.05) is 0 Å². The maximum atomic E-state index is 5.30. The van der Waals surface area contributed by atoms with Gasteiger partial charge in [-0.3, -0.25) is 5.10 Å². The van der Waals surface area contributed by atoms with E-state index in [4.69, 9.17) is 12.2 Å². The van der Waals surface area contributed by atoms with E-state index in [-0.39, 0.29) is 0 Å². The molecule has 6 nitrogen and oxygen atoms in total. The molecule has 1 aliphatic carbocycles. The fourth-order valence-electron chi connectivity index (χ4n) is 2.68. The van der Waals surface area contributed by atoms with Crippen molar-refractivity contribution in [2.24, 2.45) is 5.10 Å². The van der Waals surface area contributed by atoms with Gasteiger partial charge in [-0.15, -0.1) is 11.3 Å². The minimum Gasteiger partial charge on any atom is -0.282 e. The Morgan fingerprint density at radius 3 is 3.09 bits per heavy atom. The zero-order chi connectivity index (χ0) is 15.1. The molecule has 0 amide bonds. The van der Waals surface area contributed by atoms with Crippen molar-refractivity contribution in [3.8, 4) is 11.5 Å². The number of nitrogens with one attached hydrogen (secondary N) is 2. The van der Waals surface area contributed by atoms with Gasteiger partial charge in [0.2, 0.25) is 10.6 Å². The number of rotatable bonds is 3. The number of hydrogen-bond donors (Lipinski definition) is 2. The average molecular weight is 330 g/mol. The van der Waals surface area contributed by atoms with Crippen LogP contribution in [-0.4, -0.2) is 31.3 Å². The summed E-state index contributed by atoms with van der Waals surface area (Å²) >= 11 is 6.95. The molecule has 0 saturated heterocycles. The van der Waals surface area contributed by atoms with Crippen LogP contribution in [0.25, 0.3) is 11.5 Å². The summed E-state index contributed by atoms with van der Waals surface area (Å²) in [4.78, 5) is 1.11. The highest BCUT2D eigenvalue weighted by Crippen LogP contribution is 2.29. The van der Waals surface area contributed by atoms with Crippen molar-refractivity contribution < 1.29 is 0 Å². The summed E-state index contributed by atoms with van der Waals surface area (Å²) in [5, 5.41) is 21.2. The van der Waals surface area contributed by atoms with E-state index in [1.165, 1.54) is 16.8 Å². The summed E-state index contributed by atoms with van der Waals surface area (Å²) < 4.78 is 2.11. The highest BCUT2D eigenvalue weighted by molar-refractivity contribution is 7.71. The van der Waals surface area contributed by atoms with Crippen molar-refractivity contribution in [2.75, 3.05) is 0 Å². The molecule has 4 rings (SSSR count). The molecule has 0 aromatic carbocycles. The molecular formula is C14H14N6S2. The molecule has 8 heteroatoms. The molecule has 0 fully saturated rings. The van der Waals surface area contributed by atoms with Crippen LogP contribution in [0.15, 0.2) is 16.5 Å². The molecule has 0 saturated carbocycles. The average Bonchev–Trinajstić information content (AvgIpc) is 3.22. The Labute approximate surface area is 135 Å². The van der Waals surface area contributed by atoms with E-state index in [1.54, 1.807) is 16.0 Å². The summed E-state index contributed by atoms with van der Waals surface area (Å²) in [5.41, 5.74) is 4.48. The number of nitrogens with zero attached hydrogens (tertiary/aromatic N) is 4. The van der Waals surface area contributed by atoms with Crippen molar-refractivity contribution in [1.29, 1.82) is 0 Å². The normalized spacial score (nSPS) is 14.0. The first-order chi connectivity index (χ1) is 10.7. The van der Waals surface area contributed by atoms with Crippen LogP contribution in [0.1, 0.15) is 28.1 Å². The van der Waals surface area contributed by atoms with Gasteiger partial charge in [-0.25, -0.2) is 5.10 Å². The van der Waals surface area contributed by atoms with Crippen molar-refractivity contribution >= 4 is 29.8 Å². The second kappa shape index (κ2) is 5.29. The number of H-pyrrole nitrogens is 2. The molecule has 112 valence electrons. The quantitative estimate of drug-likeness (QED) is 0.572. The van der Waals surface area contributed by atoms with Crippen molar-refractivity contribution in [1.82, 2.24) is 25.1 Å². The van der Waals surface area contributed by atoms with Gasteiger partial charge in [0.05, 0.1) is 11.1 Å². The van der Waals surface area contributed by atoms with Crippen LogP contribution < -0.4 is 0 Å². The summed E-state index contributed by atoms with van der Waals surface area (Å²) in [6.45, 7) is 2.06. The third-order valence-electron chi connectivity index (χ3n) is 3.86. The Balaban J connectivity index is 1.78. The molecule has 1 aliphatic rings. The molecule has 0 spiro atoms. The SMILES string of the molecule is Cc1ccsc1/C=N\n1c(-c2n[nH]c3c2CCC3)n[nH]c1=S. The smallest absolute Gasteiger partial charge is 0.216 e. The molecule has 0 aliphatic heterocycles. The summed E-state index contributed by atoms with van der Waals surface area (Å²) in [7, 11) is 0. The maximum Gasteiger partial charge on any atom is 0.216 e. The zero-order valence-corrected chi connectivity index (χ0v) is 13.6. The Morgan fingerprint density at radius 1 is 1.36 bits per heavy atom. The zero-order valence-electron chi connectivity index (χ0n) is 12.0. The monoisotopic (exact) mass is 330 g/mol. The van der Waals surface area contributed by atoms with Gasteiger partial charge in [0.25, 0.3) is 0 Å². The van der Waals surface area contributed by atoms with Crippen LogP contribution in [0, 0.1) is 11.7 Å². The topological polar surface area (TPSA) is 74.7 Å². The van der Waals surface area contributed by atoms with E-state index in [0.29, 0.717) is 10.6 Å². The van der Waals surface area contributed by atoms with Gasteiger partial charge in [0.15, 0.2) is 0 Å². The van der Waals surface area contributed by atoms with Crippen molar-refractivity contribution in [3.05, 3.63) is 37.9 Å². The van der Waals surface area contributed by atoms with Crippen LogP contribution in [0.5, 0.6) is 0 Å². The van der Waals surface area contributed by atoms with E-state index in [2.05, 4.69) is 38.5 Å². The lowest BCUT2D eigenvalue weighted by Crippen LogP contribution is -1.97. The van der Waals surface area contributed by atoms with Crippen LogP contribution in [-0.2, 0) is 12.8 Å². The molecule has 0 bridgehead atoms. The first-order valence-electron chi connectivity index (χ1n) is 7.06. The first kappa shape index (κ1) is 13.6. The molecular weight excluding hydrogens is 316 g/mol. The Morgan fingerprint density at radius 2 is 2.27 bits per heavy atom. The molecule has 0 radical (unpaired) electrons. The molecule has 0 unspecified atom stereocenters. The van der Waals surface area contributed by atoms with Gasteiger partial charge in [0, 0.05) is 11.3 Å². The number of aryl methyl sites for hydroxylation is 2. The number of aromatic amines is 2. The molecule has 3 aromatic rings. The lowest BCUT2D eigenvalue weighted by Gasteiger charge is -1.99. The Hall–Kier alpha value is -2.06. The summed E-state index contributed by atoms with van der Waals surface area (Å²) in [6.07, 6.45) is 5.04. The molecule has 3 heterocycles. The van der Waals surface area contributed by atoms with E-state index < -0.39 is 0 Å². The Bertz CT molecular complexity index is 910. The maximum absolute atomic E-state index is 5.30. The second-order valence-corrected chi connectivity index (χ2v) is 6.59. The van der Waals surface area contributed by atoms with Gasteiger partial charge < -0.3 is 0 Å². The Kier molecular flexibility index (Phi) is 3.27. The molecule has 3 aromatic heterocycles. The molecule has 2 N–H and O–H groups in total. The lowest BCUT2D eigenvalue weighted by molar-refractivity contribution is 0.844. The second-order valence-electron chi connectivity index (χ2n) is 5.26.